The average Bonchev–Trinajstić information content (AvgIpc) is 3.16. The van der Waals surface area contributed by atoms with Crippen LogP contribution in [0.5, 0.6) is 5.75 Å². The molecule has 5 heteroatoms. The highest BCUT2D eigenvalue weighted by Crippen LogP contribution is 2.36. The molecule has 4 rings (SSSR count). The van der Waals surface area contributed by atoms with E-state index in [1.165, 1.54) is 17.5 Å². The van der Waals surface area contributed by atoms with E-state index in [0.717, 1.165) is 43.3 Å². The number of aryl methyl sites for hydroxylation is 1. The van der Waals surface area contributed by atoms with Crippen molar-refractivity contribution < 1.29 is 4.74 Å². The van der Waals surface area contributed by atoms with Crippen LogP contribution in [-0.2, 0) is 13.0 Å². The summed E-state index contributed by atoms with van der Waals surface area (Å²) in [5.74, 6) is 2.87. The van der Waals surface area contributed by atoms with E-state index in [0.29, 0.717) is 6.04 Å². The van der Waals surface area contributed by atoms with E-state index in [-0.39, 0.29) is 5.60 Å². The Hall–Kier alpha value is -1.88. The molecule has 1 saturated heterocycles. The minimum absolute atomic E-state index is 0.0758. The fourth-order valence-corrected chi connectivity index (χ4v) is 3.81. The Labute approximate surface area is 137 Å². The van der Waals surface area contributed by atoms with Crippen LogP contribution in [0.2, 0.25) is 0 Å². The number of hydrogen-bond acceptors (Lipinski definition) is 4. The molecule has 1 aromatic carbocycles. The van der Waals surface area contributed by atoms with Crippen LogP contribution in [0.1, 0.15) is 55.5 Å². The number of benzene rings is 1. The predicted octanol–water partition coefficient (Wildman–Crippen LogP) is 3.16. The highest BCUT2D eigenvalue weighted by atomic mass is 16.5. The zero-order chi connectivity index (χ0) is 16.0. The third kappa shape index (κ3) is 2.85. The lowest BCUT2D eigenvalue weighted by atomic mass is 10.00. The molecule has 0 radical (unpaired) electrons. The smallest absolute Gasteiger partial charge is 0.167 e. The van der Waals surface area contributed by atoms with Crippen LogP contribution < -0.4 is 4.74 Å². The summed E-state index contributed by atoms with van der Waals surface area (Å²) < 4.78 is 5.97. The van der Waals surface area contributed by atoms with Crippen molar-refractivity contribution in [2.75, 3.05) is 6.54 Å². The molecule has 0 bridgehead atoms. The lowest BCUT2D eigenvalue weighted by molar-refractivity contribution is 0.138. The zero-order valence-corrected chi connectivity index (χ0v) is 14.1. The van der Waals surface area contributed by atoms with Crippen LogP contribution in [0.25, 0.3) is 0 Å². The largest absolute Gasteiger partial charge is 0.487 e. The van der Waals surface area contributed by atoms with Crippen LogP contribution in [0, 0.1) is 6.92 Å². The first-order valence-corrected chi connectivity index (χ1v) is 8.44. The summed E-state index contributed by atoms with van der Waals surface area (Å²) in [4.78, 5) is 7.02. The molecule has 2 aliphatic rings. The minimum Gasteiger partial charge on any atom is -0.487 e. The van der Waals surface area contributed by atoms with Gasteiger partial charge >= 0.3 is 0 Å². The van der Waals surface area contributed by atoms with Crippen molar-refractivity contribution in [2.24, 2.45) is 0 Å². The molecule has 1 fully saturated rings. The number of likely N-dealkylation sites (tertiary alicyclic amines) is 1. The Kier molecular flexibility index (Phi) is 3.41. The summed E-state index contributed by atoms with van der Waals surface area (Å²) >= 11 is 0. The molecule has 3 heterocycles. The fourth-order valence-electron chi connectivity index (χ4n) is 3.81. The number of H-pyrrole nitrogens is 1. The molecule has 0 aliphatic carbocycles. The molecule has 0 saturated carbocycles. The normalized spacial score (nSPS) is 23.0. The lowest BCUT2D eigenvalue weighted by Crippen LogP contribution is -2.24. The summed E-state index contributed by atoms with van der Waals surface area (Å²) in [6.07, 6.45) is 3.33. The van der Waals surface area contributed by atoms with E-state index >= 15 is 0 Å². The summed E-state index contributed by atoms with van der Waals surface area (Å²) in [6.45, 7) is 8.31. The van der Waals surface area contributed by atoms with Crippen molar-refractivity contribution in [2.45, 2.75) is 58.2 Å². The Morgan fingerprint density at radius 1 is 1.39 bits per heavy atom. The van der Waals surface area contributed by atoms with Crippen molar-refractivity contribution in [3.8, 4) is 5.75 Å². The van der Waals surface area contributed by atoms with E-state index in [1.807, 2.05) is 6.92 Å². The van der Waals surface area contributed by atoms with Gasteiger partial charge in [0.15, 0.2) is 5.82 Å². The number of rotatable bonds is 3. The Morgan fingerprint density at radius 3 is 3.04 bits per heavy atom. The van der Waals surface area contributed by atoms with Gasteiger partial charge in [0, 0.05) is 13.0 Å². The summed E-state index contributed by atoms with van der Waals surface area (Å²) in [6, 6.07) is 6.96. The minimum atomic E-state index is -0.0758. The molecule has 2 aliphatic heterocycles. The van der Waals surface area contributed by atoms with E-state index in [1.54, 1.807) is 0 Å². The molecule has 5 nitrogen and oxygen atoms in total. The maximum atomic E-state index is 5.97. The van der Waals surface area contributed by atoms with Gasteiger partial charge < -0.3 is 4.74 Å². The van der Waals surface area contributed by atoms with Crippen LogP contribution in [0.4, 0.5) is 0 Å². The van der Waals surface area contributed by atoms with Crippen LogP contribution in [0.15, 0.2) is 18.2 Å². The molecule has 2 aromatic rings. The second kappa shape index (κ2) is 5.34. The molecular formula is C18H24N4O. The first-order valence-electron chi connectivity index (χ1n) is 8.44. The van der Waals surface area contributed by atoms with Crippen molar-refractivity contribution in [3.63, 3.8) is 0 Å². The zero-order valence-electron chi connectivity index (χ0n) is 14.1. The molecule has 0 spiro atoms. The monoisotopic (exact) mass is 312 g/mol. The van der Waals surface area contributed by atoms with E-state index in [9.17, 15) is 0 Å². The number of fused-ring (bicyclic) bond motifs is 1. The van der Waals surface area contributed by atoms with Crippen molar-refractivity contribution in [3.05, 3.63) is 41.0 Å². The first kappa shape index (κ1) is 14.7. The second-order valence-electron chi connectivity index (χ2n) is 7.39. The van der Waals surface area contributed by atoms with E-state index < -0.39 is 0 Å². The number of aromatic amines is 1. The van der Waals surface area contributed by atoms with E-state index in [4.69, 9.17) is 4.74 Å². The highest BCUT2D eigenvalue weighted by Gasteiger charge is 2.31. The molecule has 23 heavy (non-hydrogen) atoms. The molecule has 1 atom stereocenters. The summed E-state index contributed by atoms with van der Waals surface area (Å²) in [7, 11) is 0. The standard InChI is InChI=1S/C18H24N4O/c1-12-19-17(21-20-12)15-5-4-8-22(15)11-13-6-7-16-14(9-13)10-18(2,3)23-16/h6-7,9,15H,4-5,8,10-11H2,1-3H3,(H,19,20,21)/t15-/m1/s1. The van der Waals surface area contributed by atoms with Crippen molar-refractivity contribution in [1.29, 1.82) is 0 Å². The van der Waals surface area contributed by atoms with Gasteiger partial charge in [-0.2, -0.15) is 5.10 Å². The van der Waals surface area contributed by atoms with Gasteiger partial charge in [-0.3, -0.25) is 10.00 Å². The summed E-state index contributed by atoms with van der Waals surface area (Å²) in [5, 5.41) is 7.34. The van der Waals surface area contributed by atoms with Crippen molar-refractivity contribution >= 4 is 0 Å². The second-order valence-corrected chi connectivity index (χ2v) is 7.39. The van der Waals surface area contributed by atoms with Gasteiger partial charge in [0.25, 0.3) is 0 Å². The van der Waals surface area contributed by atoms with Crippen LogP contribution in [0.3, 0.4) is 0 Å². The molecule has 1 N–H and O–H groups in total. The van der Waals surface area contributed by atoms with Gasteiger partial charge in [0.05, 0.1) is 6.04 Å². The fraction of sp³-hybridized carbons (Fsp3) is 0.556. The number of nitrogens with one attached hydrogen (secondary N) is 1. The predicted molar refractivity (Wildman–Crippen MR) is 88.4 cm³/mol. The van der Waals surface area contributed by atoms with Gasteiger partial charge in [-0.15, -0.1) is 0 Å². The summed E-state index contributed by atoms with van der Waals surface area (Å²) in [5.41, 5.74) is 2.61. The van der Waals surface area contributed by atoms with Gasteiger partial charge in [0.1, 0.15) is 17.2 Å². The quantitative estimate of drug-likeness (QED) is 0.946. The highest BCUT2D eigenvalue weighted by molar-refractivity contribution is 5.41. The number of nitrogens with zero attached hydrogens (tertiary/aromatic N) is 3. The third-order valence-corrected chi connectivity index (χ3v) is 4.79. The molecule has 122 valence electrons. The number of hydrogen-bond donors (Lipinski definition) is 1. The Bertz CT molecular complexity index is 722. The van der Waals surface area contributed by atoms with Crippen molar-refractivity contribution in [1.82, 2.24) is 20.1 Å². The molecule has 0 unspecified atom stereocenters. The topological polar surface area (TPSA) is 54.0 Å². The number of aromatic nitrogens is 3. The van der Waals surface area contributed by atoms with Crippen LogP contribution in [-0.4, -0.2) is 32.2 Å². The van der Waals surface area contributed by atoms with Gasteiger partial charge in [-0.05, 0) is 57.4 Å². The molecule has 1 aromatic heterocycles. The Balaban J connectivity index is 1.52. The molecule has 0 amide bonds. The van der Waals surface area contributed by atoms with Gasteiger partial charge in [0.2, 0.25) is 0 Å². The van der Waals surface area contributed by atoms with Gasteiger partial charge in [-0.1, -0.05) is 12.1 Å². The van der Waals surface area contributed by atoms with Gasteiger partial charge in [-0.25, -0.2) is 4.98 Å². The maximum absolute atomic E-state index is 5.97. The lowest BCUT2D eigenvalue weighted by Gasteiger charge is -2.22. The average molecular weight is 312 g/mol. The Morgan fingerprint density at radius 2 is 2.26 bits per heavy atom. The first-order chi connectivity index (χ1) is 11.0. The van der Waals surface area contributed by atoms with E-state index in [2.05, 4.69) is 52.1 Å². The molecular weight excluding hydrogens is 288 g/mol. The van der Waals surface area contributed by atoms with Crippen LogP contribution >= 0.6 is 0 Å². The number of ether oxygens (including phenoxy) is 1. The SMILES string of the molecule is Cc1nc([C@H]2CCCN2Cc2ccc3c(c2)CC(C)(C)O3)n[nH]1. The maximum Gasteiger partial charge on any atom is 0.167 e. The third-order valence-electron chi connectivity index (χ3n) is 4.79.